The van der Waals surface area contributed by atoms with E-state index >= 15 is 0 Å². The number of hydrogen-bond acceptors (Lipinski definition) is 5. The van der Waals surface area contributed by atoms with Crippen LogP contribution in [0.5, 0.6) is 11.5 Å². The second kappa shape index (κ2) is 7.93. The van der Waals surface area contributed by atoms with Crippen LogP contribution in [-0.4, -0.2) is 18.0 Å². The number of carbonyl (C=O) groups excluding carboxylic acids is 1. The lowest BCUT2D eigenvalue weighted by molar-refractivity contribution is 0.0953. The fourth-order valence-corrected chi connectivity index (χ4v) is 6.32. The molecule has 2 atom stereocenters. The molecule has 6 heteroatoms. The van der Waals surface area contributed by atoms with Crippen LogP contribution in [0, 0.1) is 18.3 Å². The van der Waals surface area contributed by atoms with Crippen molar-refractivity contribution in [2.45, 2.75) is 46.3 Å². The number of pyridine rings is 1. The molecule has 5 rings (SSSR count). The van der Waals surface area contributed by atoms with Gasteiger partial charge in [-0.15, -0.1) is 11.3 Å². The van der Waals surface area contributed by atoms with E-state index in [0.29, 0.717) is 41.9 Å². The van der Waals surface area contributed by atoms with Crippen LogP contribution in [-0.2, 0) is 19.6 Å². The summed E-state index contributed by atoms with van der Waals surface area (Å²) in [6, 6.07) is 11.4. The van der Waals surface area contributed by atoms with E-state index in [0.717, 1.165) is 22.6 Å². The Morgan fingerprint density at radius 2 is 2.12 bits per heavy atom. The van der Waals surface area contributed by atoms with Crippen molar-refractivity contribution in [2.24, 2.45) is 11.3 Å². The van der Waals surface area contributed by atoms with Crippen molar-refractivity contribution < 1.29 is 14.3 Å². The lowest BCUT2D eigenvalue weighted by atomic mass is 9.95. The van der Waals surface area contributed by atoms with Crippen molar-refractivity contribution in [1.29, 1.82) is 0 Å². The van der Waals surface area contributed by atoms with Crippen molar-refractivity contribution >= 4 is 17.2 Å². The van der Waals surface area contributed by atoms with E-state index in [1.807, 2.05) is 36.4 Å². The van der Waals surface area contributed by atoms with Crippen LogP contribution in [0.2, 0.25) is 0 Å². The molecule has 0 radical (unpaired) electrons. The maximum absolute atomic E-state index is 13.0. The third-order valence-corrected chi connectivity index (χ3v) is 8.20. The Labute approximate surface area is 192 Å². The lowest BCUT2D eigenvalue weighted by Crippen LogP contribution is -2.23. The first-order valence-corrected chi connectivity index (χ1v) is 11.8. The second-order valence-electron chi connectivity index (χ2n) is 9.26. The number of carbonyl (C=O) groups is 1. The third kappa shape index (κ3) is 3.56. The van der Waals surface area contributed by atoms with Gasteiger partial charge in [-0.3, -0.25) is 9.78 Å². The highest BCUT2D eigenvalue weighted by Gasteiger charge is 2.63. The van der Waals surface area contributed by atoms with Crippen molar-refractivity contribution in [3.63, 3.8) is 0 Å². The van der Waals surface area contributed by atoms with E-state index in [2.05, 4.69) is 31.1 Å². The molecule has 0 saturated heterocycles. The zero-order valence-electron chi connectivity index (χ0n) is 18.9. The van der Waals surface area contributed by atoms with Gasteiger partial charge < -0.3 is 14.8 Å². The number of thiophene rings is 1. The number of aromatic nitrogens is 1. The highest BCUT2D eigenvalue weighted by molar-refractivity contribution is 7.14. The minimum absolute atomic E-state index is 0.0102. The van der Waals surface area contributed by atoms with Gasteiger partial charge in [-0.1, -0.05) is 19.9 Å². The predicted octanol–water partition coefficient (Wildman–Crippen LogP) is 5.26. The first-order valence-electron chi connectivity index (χ1n) is 11.0. The van der Waals surface area contributed by atoms with Crippen molar-refractivity contribution in [3.8, 4) is 11.5 Å². The zero-order valence-corrected chi connectivity index (χ0v) is 19.7. The molecule has 1 amide bonds. The van der Waals surface area contributed by atoms with Crippen molar-refractivity contribution in [3.05, 3.63) is 74.7 Å². The average Bonchev–Trinajstić information content (AvgIpc) is 3.12. The summed E-state index contributed by atoms with van der Waals surface area (Å²) in [5.74, 6) is 2.74. The third-order valence-electron chi connectivity index (χ3n) is 7.04. The van der Waals surface area contributed by atoms with E-state index < -0.39 is 0 Å². The number of nitrogens with zero attached hydrogens (tertiary/aromatic N) is 1. The van der Waals surface area contributed by atoms with Gasteiger partial charge in [-0.25, -0.2) is 0 Å². The molecule has 166 valence electrons. The molecule has 32 heavy (non-hydrogen) atoms. The van der Waals surface area contributed by atoms with E-state index in [1.54, 1.807) is 24.6 Å². The molecule has 1 fully saturated rings. The number of benzene rings is 1. The van der Waals surface area contributed by atoms with Gasteiger partial charge in [0.2, 0.25) is 0 Å². The first kappa shape index (κ1) is 21.0. The fourth-order valence-electron chi connectivity index (χ4n) is 5.17. The summed E-state index contributed by atoms with van der Waals surface area (Å²) in [6.45, 7) is 7.65. The normalized spacial score (nSPS) is 19.8. The predicted molar refractivity (Wildman–Crippen MR) is 126 cm³/mol. The smallest absolute Gasteiger partial charge is 0.261 e. The minimum atomic E-state index is 0.0102. The van der Waals surface area contributed by atoms with E-state index in [-0.39, 0.29) is 5.91 Å². The molecule has 1 N–H and O–H groups in total. The summed E-state index contributed by atoms with van der Waals surface area (Å²) >= 11 is 1.64. The molecule has 5 nitrogen and oxygen atoms in total. The number of hydrogen-bond donors (Lipinski definition) is 1. The van der Waals surface area contributed by atoms with Gasteiger partial charge in [0.25, 0.3) is 5.91 Å². The summed E-state index contributed by atoms with van der Waals surface area (Å²) in [6.07, 6.45) is 2.78. The highest BCUT2D eigenvalue weighted by atomic mass is 32.1. The highest BCUT2D eigenvalue weighted by Crippen LogP contribution is 2.71. The Bertz CT molecular complexity index is 1170. The second-order valence-corrected chi connectivity index (χ2v) is 10.5. The maximum atomic E-state index is 13.0. The summed E-state index contributed by atoms with van der Waals surface area (Å²) in [5, 5.41) is 3.10. The molecule has 0 bridgehead atoms. The minimum Gasteiger partial charge on any atom is -0.496 e. The fraction of sp³-hybridized carbons (Fsp3) is 0.385. The van der Waals surface area contributed by atoms with Crippen molar-refractivity contribution in [1.82, 2.24) is 10.3 Å². The van der Waals surface area contributed by atoms with Crippen LogP contribution in [0.25, 0.3) is 0 Å². The molecule has 1 saturated carbocycles. The Morgan fingerprint density at radius 3 is 2.88 bits per heavy atom. The standard InChI is InChI=1S/C26H28N2O3S/c1-15-22-19(12-20-23(22)26(20,2)3)24(32-15)25(29)28-13-16-8-9-18(11-21(16)30-4)31-14-17-7-5-6-10-27-17/h5-11,20,23H,12-14H2,1-4H3,(H,28,29)/t20-,23-/m1/s1. The molecule has 2 heterocycles. The zero-order chi connectivity index (χ0) is 22.5. The number of ether oxygens (including phenoxy) is 2. The lowest BCUT2D eigenvalue weighted by Gasteiger charge is -2.13. The molecule has 1 aromatic carbocycles. The largest absolute Gasteiger partial charge is 0.496 e. The number of methoxy groups -OCH3 is 1. The number of aryl methyl sites for hydroxylation is 1. The Balaban J connectivity index is 1.25. The molecule has 2 aromatic heterocycles. The quantitative estimate of drug-likeness (QED) is 0.535. The Morgan fingerprint density at radius 1 is 1.28 bits per heavy atom. The van der Waals surface area contributed by atoms with Crippen LogP contribution in [0.15, 0.2) is 42.6 Å². The molecular weight excluding hydrogens is 420 g/mol. The summed E-state index contributed by atoms with van der Waals surface area (Å²) in [4.78, 5) is 19.5. The van der Waals surface area contributed by atoms with Crippen LogP contribution < -0.4 is 14.8 Å². The van der Waals surface area contributed by atoms with E-state index in [4.69, 9.17) is 9.47 Å². The van der Waals surface area contributed by atoms with Gasteiger partial charge >= 0.3 is 0 Å². The topological polar surface area (TPSA) is 60.5 Å². The van der Waals surface area contributed by atoms with Gasteiger partial charge in [-0.05, 0) is 66.0 Å². The molecule has 3 aromatic rings. The van der Waals surface area contributed by atoms with Gasteiger partial charge in [0.15, 0.2) is 0 Å². The molecule has 0 unspecified atom stereocenters. The molecule has 2 aliphatic rings. The van der Waals surface area contributed by atoms with Crippen LogP contribution >= 0.6 is 11.3 Å². The summed E-state index contributed by atoms with van der Waals surface area (Å²) in [5.41, 5.74) is 4.90. The van der Waals surface area contributed by atoms with Crippen LogP contribution in [0.4, 0.5) is 0 Å². The summed E-state index contributed by atoms with van der Waals surface area (Å²) < 4.78 is 11.4. The number of nitrogens with one attached hydrogen (secondary N) is 1. The van der Waals surface area contributed by atoms with Gasteiger partial charge in [0.05, 0.1) is 17.7 Å². The Hall–Kier alpha value is -2.86. The Kier molecular flexibility index (Phi) is 5.20. The van der Waals surface area contributed by atoms with Gasteiger partial charge in [0.1, 0.15) is 18.1 Å². The monoisotopic (exact) mass is 448 g/mol. The summed E-state index contributed by atoms with van der Waals surface area (Å²) in [7, 11) is 1.63. The molecular formula is C26H28N2O3S. The van der Waals surface area contributed by atoms with Crippen LogP contribution in [0.1, 0.15) is 56.7 Å². The van der Waals surface area contributed by atoms with Crippen molar-refractivity contribution in [2.75, 3.05) is 7.11 Å². The molecule has 2 aliphatic carbocycles. The molecule has 0 spiro atoms. The number of fused-ring (bicyclic) bond motifs is 3. The van der Waals surface area contributed by atoms with Crippen LogP contribution in [0.3, 0.4) is 0 Å². The SMILES string of the molecule is COc1cc(OCc2ccccn2)ccc1CNC(=O)c1sc(C)c2c1C[C@@H]1[C@H]2C1(C)C. The number of rotatable bonds is 7. The maximum Gasteiger partial charge on any atom is 0.261 e. The average molecular weight is 449 g/mol. The van der Waals surface area contributed by atoms with Gasteiger partial charge in [0, 0.05) is 29.2 Å². The van der Waals surface area contributed by atoms with Gasteiger partial charge in [-0.2, -0.15) is 0 Å². The first-order chi connectivity index (χ1) is 15.4. The molecule has 0 aliphatic heterocycles. The van der Waals surface area contributed by atoms with E-state index in [1.165, 1.54) is 16.0 Å². The van der Waals surface area contributed by atoms with E-state index in [9.17, 15) is 4.79 Å². The number of amides is 1.